The molecule has 0 saturated carbocycles. The normalized spacial score (nSPS) is 19.5. The summed E-state index contributed by atoms with van der Waals surface area (Å²) in [6.07, 6.45) is 2.11. The number of pyridine rings is 2. The fourth-order valence-electron chi connectivity index (χ4n) is 6.12. The van der Waals surface area contributed by atoms with Gasteiger partial charge in [-0.2, -0.15) is 4.98 Å². The Morgan fingerprint density at radius 2 is 1.86 bits per heavy atom. The summed E-state index contributed by atoms with van der Waals surface area (Å²) in [5.74, 6) is -2.47. The van der Waals surface area contributed by atoms with Gasteiger partial charge in [0.2, 0.25) is 5.88 Å². The average Bonchev–Trinajstić information content (AvgIpc) is 3.39. The van der Waals surface area contributed by atoms with Crippen molar-refractivity contribution in [3.63, 3.8) is 0 Å². The van der Waals surface area contributed by atoms with Gasteiger partial charge in [0.15, 0.2) is 11.5 Å². The maximum Gasteiger partial charge on any atom is 0.282 e. The highest BCUT2D eigenvalue weighted by Gasteiger charge is 2.30. The number of aromatic nitrogens is 2. The van der Waals surface area contributed by atoms with Gasteiger partial charge in [-0.05, 0) is 50.9 Å². The minimum absolute atomic E-state index is 0.00533. The second kappa shape index (κ2) is 11.2. The lowest BCUT2D eigenvalue weighted by Crippen LogP contribution is -2.54. The molecule has 0 radical (unpaired) electrons. The second-order valence-corrected chi connectivity index (χ2v) is 11.1. The number of fused-ring (bicyclic) bond motifs is 2. The average molecular weight is 576 g/mol. The van der Waals surface area contributed by atoms with Crippen LogP contribution >= 0.6 is 0 Å². The first-order valence-electron chi connectivity index (χ1n) is 14.1. The molecule has 2 saturated heterocycles. The zero-order valence-corrected chi connectivity index (χ0v) is 23.6. The van der Waals surface area contributed by atoms with E-state index in [1.165, 1.54) is 17.0 Å². The predicted molar refractivity (Wildman–Crippen MR) is 157 cm³/mol. The van der Waals surface area contributed by atoms with Crippen LogP contribution in [0.4, 0.5) is 18.9 Å². The number of anilines is 1. The van der Waals surface area contributed by atoms with Gasteiger partial charge >= 0.3 is 0 Å². The molecular weight excluding hydrogens is 543 g/mol. The van der Waals surface area contributed by atoms with Gasteiger partial charge in [0, 0.05) is 54.1 Å². The number of carbonyl (C=O) groups excluding carboxylic acids is 1. The van der Waals surface area contributed by atoms with Crippen LogP contribution in [0.1, 0.15) is 19.8 Å². The fraction of sp³-hybridized carbons (Fsp3) is 0.344. The molecule has 7 nitrogen and oxygen atoms in total. The molecule has 0 bridgehead atoms. The van der Waals surface area contributed by atoms with E-state index in [-0.39, 0.29) is 41.9 Å². The summed E-state index contributed by atoms with van der Waals surface area (Å²) < 4.78 is 50.6. The molecule has 4 heterocycles. The van der Waals surface area contributed by atoms with Crippen LogP contribution in [0.3, 0.4) is 0 Å². The third-order valence-electron chi connectivity index (χ3n) is 8.37. The highest BCUT2D eigenvalue weighted by Crippen LogP contribution is 2.37. The standard InChI is InChI=1S/C32H32F3N5O2/c1-19-17-39(32(41)20(2)33)13-14-40(19)27-16-28(42-18-22-9-6-12-38(22)3)36-31-24(27)15-26(35)30(37-31)23-10-4-7-21-8-5-11-25(34)29(21)23/h4-5,7-8,10-11,15-16,19,22H,2,6,9,12-14,17-18H2,1,3H3/t19-,22+/m1/s1. The van der Waals surface area contributed by atoms with Crippen molar-refractivity contribution in [3.8, 4) is 17.1 Å². The summed E-state index contributed by atoms with van der Waals surface area (Å²) in [5, 5.41) is 1.38. The summed E-state index contributed by atoms with van der Waals surface area (Å²) >= 11 is 0. The number of rotatable bonds is 6. The van der Waals surface area contributed by atoms with Crippen LogP contribution in [0.15, 0.2) is 60.9 Å². The number of benzene rings is 2. The van der Waals surface area contributed by atoms with Crippen LogP contribution in [-0.4, -0.2) is 77.6 Å². The SMILES string of the molecule is C=C(F)C(=O)N1CCN(c2cc(OC[C@@H]3CCCN3C)nc3nc(-c4cccc5cccc(F)c45)c(F)cc23)[C@H](C)C1. The van der Waals surface area contributed by atoms with E-state index in [1.54, 1.807) is 36.4 Å². The van der Waals surface area contributed by atoms with Crippen LogP contribution in [-0.2, 0) is 4.79 Å². The minimum atomic E-state index is -0.999. The molecule has 2 aliphatic heterocycles. The second-order valence-electron chi connectivity index (χ2n) is 11.1. The number of hydrogen-bond acceptors (Lipinski definition) is 6. The van der Waals surface area contributed by atoms with Gasteiger partial charge in [-0.25, -0.2) is 18.2 Å². The van der Waals surface area contributed by atoms with Gasteiger partial charge in [-0.15, -0.1) is 0 Å². The molecule has 0 spiro atoms. The third-order valence-corrected chi connectivity index (χ3v) is 8.37. The Hall–Kier alpha value is -4.18. The van der Waals surface area contributed by atoms with Gasteiger partial charge in [0.25, 0.3) is 5.91 Å². The van der Waals surface area contributed by atoms with E-state index in [1.807, 2.05) is 11.8 Å². The first kappa shape index (κ1) is 28.0. The largest absolute Gasteiger partial charge is 0.476 e. The topological polar surface area (TPSA) is 61.8 Å². The molecule has 2 atom stereocenters. The summed E-state index contributed by atoms with van der Waals surface area (Å²) in [6.45, 7) is 7.40. The van der Waals surface area contributed by atoms with E-state index >= 15 is 4.39 Å². The zero-order valence-electron chi connectivity index (χ0n) is 23.6. The molecule has 0 unspecified atom stereocenters. The molecule has 2 aliphatic rings. The lowest BCUT2D eigenvalue weighted by molar-refractivity contribution is -0.129. The van der Waals surface area contributed by atoms with Crippen LogP contribution < -0.4 is 9.64 Å². The Morgan fingerprint density at radius 1 is 1.07 bits per heavy atom. The van der Waals surface area contributed by atoms with Crippen molar-refractivity contribution in [2.75, 3.05) is 44.7 Å². The molecule has 10 heteroatoms. The highest BCUT2D eigenvalue weighted by atomic mass is 19.1. The molecule has 1 amide bonds. The molecule has 2 fully saturated rings. The summed E-state index contributed by atoms with van der Waals surface area (Å²) in [6, 6.07) is 13.1. The lowest BCUT2D eigenvalue weighted by Gasteiger charge is -2.41. The highest BCUT2D eigenvalue weighted by molar-refractivity contribution is 5.99. The Kier molecular flexibility index (Phi) is 7.49. The quantitative estimate of drug-likeness (QED) is 0.274. The van der Waals surface area contributed by atoms with Gasteiger partial charge in [0.1, 0.15) is 23.9 Å². The molecule has 6 rings (SSSR count). The number of piperazine rings is 1. The monoisotopic (exact) mass is 575 g/mol. The van der Waals surface area contributed by atoms with Gasteiger partial charge in [-0.3, -0.25) is 4.79 Å². The number of likely N-dealkylation sites (tertiary alicyclic amines) is 1. The number of nitrogens with zero attached hydrogens (tertiary/aromatic N) is 5. The van der Waals surface area contributed by atoms with Gasteiger partial charge < -0.3 is 19.4 Å². The summed E-state index contributed by atoms with van der Waals surface area (Å²) in [4.78, 5) is 27.3. The van der Waals surface area contributed by atoms with E-state index in [4.69, 9.17) is 4.74 Å². The number of carbonyl (C=O) groups is 1. The first-order valence-corrected chi connectivity index (χ1v) is 14.1. The van der Waals surface area contributed by atoms with Gasteiger partial charge in [0.05, 0.1) is 5.69 Å². The van der Waals surface area contributed by atoms with E-state index in [2.05, 4.69) is 28.5 Å². The molecule has 0 aliphatic carbocycles. The molecule has 2 aromatic carbocycles. The van der Waals surface area contributed by atoms with Crippen molar-refractivity contribution in [1.29, 1.82) is 0 Å². The molecule has 0 N–H and O–H groups in total. The van der Waals surface area contributed by atoms with Crippen LogP contribution in [0.5, 0.6) is 5.88 Å². The van der Waals surface area contributed by atoms with E-state index in [0.717, 1.165) is 19.4 Å². The minimum Gasteiger partial charge on any atom is -0.476 e. The Labute approximate surface area is 242 Å². The number of ether oxygens (including phenoxy) is 1. The molecule has 42 heavy (non-hydrogen) atoms. The van der Waals surface area contributed by atoms with Gasteiger partial charge in [-0.1, -0.05) is 36.9 Å². The van der Waals surface area contributed by atoms with Crippen molar-refractivity contribution in [3.05, 3.63) is 72.6 Å². The lowest BCUT2D eigenvalue weighted by atomic mass is 10.0. The Bertz CT molecular complexity index is 1690. The first-order chi connectivity index (χ1) is 20.2. The predicted octanol–water partition coefficient (Wildman–Crippen LogP) is 5.72. The van der Waals surface area contributed by atoms with Crippen molar-refractivity contribution in [1.82, 2.24) is 19.8 Å². The number of amides is 1. The van der Waals surface area contributed by atoms with Crippen molar-refractivity contribution in [2.24, 2.45) is 0 Å². The Balaban J connectivity index is 1.44. The third kappa shape index (κ3) is 5.15. The number of hydrogen-bond donors (Lipinski definition) is 0. The molecule has 2 aromatic heterocycles. The molecule has 218 valence electrons. The van der Waals surface area contributed by atoms with Crippen molar-refractivity contribution >= 4 is 33.4 Å². The smallest absolute Gasteiger partial charge is 0.282 e. The summed E-state index contributed by atoms with van der Waals surface area (Å²) in [5.41, 5.74) is 1.24. The number of likely N-dealkylation sites (N-methyl/N-ethyl adjacent to an activating group) is 1. The van der Waals surface area contributed by atoms with Crippen LogP contribution in [0.2, 0.25) is 0 Å². The van der Waals surface area contributed by atoms with Crippen LogP contribution in [0, 0.1) is 11.6 Å². The Morgan fingerprint density at radius 3 is 2.57 bits per heavy atom. The number of halogens is 3. The van der Waals surface area contributed by atoms with E-state index in [0.29, 0.717) is 41.1 Å². The molecular formula is C32H32F3N5O2. The van der Waals surface area contributed by atoms with Crippen molar-refractivity contribution in [2.45, 2.75) is 31.8 Å². The maximum absolute atomic E-state index is 15.9. The fourth-order valence-corrected chi connectivity index (χ4v) is 6.12. The van der Waals surface area contributed by atoms with E-state index < -0.39 is 23.4 Å². The van der Waals surface area contributed by atoms with E-state index in [9.17, 15) is 13.6 Å². The summed E-state index contributed by atoms with van der Waals surface area (Å²) in [7, 11) is 2.06. The van der Waals surface area contributed by atoms with Crippen LogP contribution in [0.25, 0.3) is 33.1 Å². The maximum atomic E-state index is 15.9. The van der Waals surface area contributed by atoms with Crippen molar-refractivity contribution < 1.29 is 22.7 Å². The zero-order chi connectivity index (χ0) is 29.5. The molecule has 4 aromatic rings.